The summed E-state index contributed by atoms with van der Waals surface area (Å²) in [6.45, 7) is 1.95. The molecule has 4 rings (SSSR count). The Balaban J connectivity index is 1.71. The first kappa shape index (κ1) is 19.6. The van der Waals surface area contributed by atoms with Crippen molar-refractivity contribution in [2.45, 2.75) is 18.2 Å². The SMILES string of the molecule is Cc1ccc(N2C(=NC(=O)c3cccc([N+](=O)[O-])c3)S[C@H]3CS(=O)(=O)C[C@@H]32)cc1. The van der Waals surface area contributed by atoms with E-state index in [9.17, 15) is 23.3 Å². The third-order valence-corrected chi connectivity index (χ3v) is 8.09. The van der Waals surface area contributed by atoms with E-state index in [-0.39, 0.29) is 34.0 Å². The number of hydrogen-bond donors (Lipinski definition) is 0. The molecule has 2 aromatic rings. The molecule has 2 fully saturated rings. The van der Waals surface area contributed by atoms with E-state index in [0.29, 0.717) is 5.17 Å². The maximum absolute atomic E-state index is 12.7. The zero-order valence-corrected chi connectivity index (χ0v) is 17.0. The first-order valence-electron chi connectivity index (χ1n) is 8.84. The smallest absolute Gasteiger partial charge is 0.279 e. The van der Waals surface area contributed by atoms with E-state index in [4.69, 9.17) is 0 Å². The quantitative estimate of drug-likeness (QED) is 0.543. The number of non-ortho nitro benzene ring substituents is 1. The number of carbonyl (C=O) groups excluding carboxylic acids is 1. The Morgan fingerprint density at radius 3 is 2.62 bits per heavy atom. The van der Waals surface area contributed by atoms with Gasteiger partial charge in [-0.25, -0.2) is 8.42 Å². The molecule has 2 heterocycles. The molecule has 2 aromatic carbocycles. The highest BCUT2D eigenvalue weighted by molar-refractivity contribution is 8.16. The van der Waals surface area contributed by atoms with Crippen LogP contribution in [0, 0.1) is 17.0 Å². The van der Waals surface area contributed by atoms with Gasteiger partial charge < -0.3 is 4.90 Å². The van der Waals surface area contributed by atoms with E-state index in [1.807, 2.05) is 31.2 Å². The van der Waals surface area contributed by atoms with Crippen molar-refractivity contribution in [1.82, 2.24) is 0 Å². The molecule has 0 aromatic heterocycles. The predicted molar refractivity (Wildman–Crippen MR) is 112 cm³/mol. The fraction of sp³-hybridized carbons (Fsp3) is 0.263. The van der Waals surface area contributed by atoms with Crippen molar-refractivity contribution < 1.29 is 18.1 Å². The normalized spacial score (nSPS) is 23.9. The van der Waals surface area contributed by atoms with Gasteiger partial charge in [-0.1, -0.05) is 35.5 Å². The van der Waals surface area contributed by atoms with Crippen molar-refractivity contribution in [2.24, 2.45) is 4.99 Å². The Labute approximate surface area is 171 Å². The van der Waals surface area contributed by atoms with Gasteiger partial charge in [0.25, 0.3) is 11.6 Å². The van der Waals surface area contributed by atoms with Gasteiger partial charge in [-0.3, -0.25) is 14.9 Å². The van der Waals surface area contributed by atoms with Crippen molar-refractivity contribution in [3.63, 3.8) is 0 Å². The molecule has 2 saturated heterocycles. The van der Waals surface area contributed by atoms with Crippen molar-refractivity contribution >= 4 is 44.0 Å². The molecule has 10 heteroatoms. The number of aliphatic imine (C=N–C) groups is 1. The van der Waals surface area contributed by atoms with Crippen LogP contribution in [0.25, 0.3) is 0 Å². The molecule has 8 nitrogen and oxygen atoms in total. The number of amides is 1. The Kier molecular flexibility index (Phi) is 4.91. The minimum absolute atomic E-state index is 0.00254. The fourth-order valence-corrected chi connectivity index (χ4v) is 7.39. The van der Waals surface area contributed by atoms with Crippen molar-refractivity contribution in [3.8, 4) is 0 Å². The summed E-state index contributed by atoms with van der Waals surface area (Å²) in [6.07, 6.45) is 0. The number of hydrogen-bond acceptors (Lipinski definition) is 6. The second-order valence-corrected chi connectivity index (χ2v) is 10.4. The predicted octanol–water partition coefficient (Wildman–Crippen LogP) is 2.82. The zero-order chi connectivity index (χ0) is 20.8. The number of nitro groups is 1. The van der Waals surface area contributed by atoms with E-state index in [1.165, 1.54) is 36.0 Å². The van der Waals surface area contributed by atoms with Crippen LogP contribution in [-0.2, 0) is 9.84 Å². The van der Waals surface area contributed by atoms with E-state index < -0.39 is 20.7 Å². The first-order valence-corrected chi connectivity index (χ1v) is 11.5. The molecule has 0 spiro atoms. The van der Waals surface area contributed by atoms with E-state index in [2.05, 4.69) is 4.99 Å². The number of rotatable bonds is 3. The second-order valence-electron chi connectivity index (χ2n) is 7.01. The van der Waals surface area contributed by atoms with Gasteiger partial charge >= 0.3 is 0 Å². The molecule has 0 unspecified atom stereocenters. The lowest BCUT2D eigenvalue weighted by atomic mass is 10.1. The number of benzene rings is 2. The molecule has 0 radical (unpaired) electrons. The summed E-state index contributed by atoms with van der Waals surface area (Å²) in [4.78, 5) is 29.1. The molecular weight excluding hydrogens is 414 g/mol. The van der Waals surface area contributed by atoms with Crippen LogP contribution >= 0.6 is 11.8 Å². The average Bonchev–Trinajstić information content (AvgIpc) is 3.13. The summed E-state index contributed by atoms with van der Waals surface area (Å²) in [5.41, 5.74) is 1.75. The molecule has 29 heavy (non-hydrogen) atoms. The van der Waals surface area contributed by atoms with Gasteiger partial charge in [0.05, 0.1) is 22.5 Å². The van der Waals surface area contributed by atoms with E-state index in [1.54, 1.807) is 4.90 Å². The molecule has 1 amide bonds. The van der Waals surface area contributed by atoms with Gasteiger partial charge in [0.2, 0.25) is 0 Å². The lowest BCUT2D eigenvalue weighted by Crippen LogP contribution is -2.37. The van der Waals surface area contributed by atoms with Crippen LogP contribution in [0.4, 0.5) is 11.4 Å². The Morgan fingerprint density at radius 1 is 1.21 bits per heavy atom. The monoisotopic (exact) mass is 431 g/mol. The number of aryl methyl sites for hydroxylation is 1. The lowest BCUT2D eigenvalue weighted by Gasteiger charge is -2.24. The standard InChI is InChI=1S/C19H17N3O5S2/c1-12-5-7-14(8-6-12)21-16-10-29(26,27)11-17(16)28-19(21)20-18(23)13-3-2-4-15(9-13)22(24)25/h2-9,16-17H,10-11H2,1H3/t16-,17-/m0/s1. The van der Waals surface area contributed by atoms with Crippen LogP contribution in [0.5, 0.6) is 0 Å². The molecular formula is C19H17N3O5S2. The molecule has 2 aliphatic heterocycles. The number of amidine groups is 1. The minimum Gasteiger partial charge on any atom is -0.316 e. The zero-order valence-electron chi connectivity index (χ0n) is 15.4. The fourth-order valence-electron chi connectivity index (χ4n) is 3.48. The van der Waals surface area contributed by atoms with Crippen LogP contribution in [0.3, 0.4) is 0 Å². The second kappa shape index (κ2) is 7.27. The van der Waals surface area contributed by atoms with Crippen LogP contribution in [-0.4, -0.2) is 47.2 Å². The molecule has 150 valence electrons. The highest BCUT2D eigenvalue weighted by Crippen LogP contribution is 2.41. The Hall–Kier alpha value is -2.72. The molecule has 0 N–H and O–H groups in total. The molecule has 2 atom stereocenters. The summed E-state index contributed by atoms with van der Waals surface area (Å²) in [6, 6.07) is 12.7. The topological polar surface area (TPSA) is 110 Å². The minimum atomic E-state index is -3.15. The number of nitrogens with zero attached hydrogens (tertiary/aromatic N) is 3. The molecule has 0 saturated carbocycles. The van der Waals surface area contributed by atoms with Crippen LogP contribution in [0.1, 0.15) is 15.9 Å². The highest BCUT2D eigenvalue weighted by atomic mass is 32.2. The third-order valence-electron chi connectivity index (χ3n) is 4.88. The number of thioether (sulfide) groups is 1. The summed E-state index contributed by atoms with van der Waals surface area (Å²) >= 11 is 1.27. The number of fused-ring (bicyclic) bond motifs is 1. The van der Waals surface area contributed by atoms with Crippen molar-refractivity contribution in [3.05, 3.63) is 69.8 Å². The van der Waals surface area contributed by atoms with Gasteiger partial charge in [0.15, 0.2) is 15.0 Å². The highest BCUT2D eigenvalue weighted by Gasteiger charge is 2.49. The summed E-state index contributed by atoms with van der Waals surface area (Å²) in [5, 5.41) is 11.2. The maximum Gasteiger partial charge on any atom is 0.279 e. The Bertz CT molecular complexity index is 1130. The first-order chi connectivity index (χ1) is 13.7. The van der Waals surface area contributed by atoms with E-state index in [0.717, 1.165) is 11.3 Å². The van der Waals surface area contributed by atoms with Crippen molar-refractivity contribution in [2.75, 3.05) is 16.4 Å². The van der Waals surface area contributed by atoms with Gasteiger partial charge in [0, 0.05) is 28.6 Å². The van der Waals surface area contributed by atoms with Crippen LogP contribution in [0.2, 0.25) is 0 Å². The lowest BCUT2D eigenvalue weighted by molar-refractivity contribution is -0.384. The summed E-state index contributed by atoms with van der Waals surface area (Å²) < 4.78 is 24.2. The van der Waals surface area contributed by atoms with Crippen LogP contribution < -0.4 is 4.90 Å². The van der Waals surface area contributed by atoms with E-state index >= 15 is 0 Å². The molecule has 2 aliphatic rings. The number of nitro benzene ring substituents is 1. The van der Waals surface area contributed by atoms with Gasteiger partial charge in [0.1, 0.15) is 0 Å². The van der Waals surface area contributed by atoms with Crippen LogP contribution in [0.15, 0.2) is 53.5 Å². The number of sulfone groups is 1. The van der Waals surface area contributed by atoms with Crippen molar-refractivity contribution in [1.29, 1.82) is 0 Å². The number of anilines is 1. The Morgan fingerprint density at radius 2 is 1.93 bits per heavy atom. The number of carbonyl (C=O) groups is 1. The molecule has 0 aliphatic carbocycles. The maximum atomic E-state index is 12.7. The summed E-state index contributed by atoms with van der Waals surface area (Å²) in [7, 11) is -3.15. The third kappa shape index (κ3) is 3.90. The average molecular weight is 431 g/mol. The van der Waals surface area contributed by atoms with Gasteiger partial charge in [-0.15, -0.1) is 0 Å². The van der Waals surface area contributed by atoms with Gasteiger partial charge in [-0.05, 0) is 25.1 Å². The van der Waals surface area contributed by atoms with Gasteiger partial charge in [-0.2, -0.15) is 4.99 Å². The summed E-state index contributed by atoms with van der Waals surface area (Å²) in [5.74, 6) is -0.562. The largest absolute Gasteiger partial charge is 0.316 e. The molecule has 0 bridgehead atoms.